The smallest absolute Gasteiger partial charge is 0.264 e. The summed E-state index contributed by atoms with van der Waals surface area (Å²) in [5, 5.41) is 13.3. The average Bonchev–Trinajstić information content (AvgIpc) is 2.93. The molecule has 154 valence electrons. The summed E-state index contributed by atoms with van der Waals surface area (Å²) in [4.78, 5) is 26.4. The zero-order valence-electron chi connectivity index (χ0n) is 17.2. The molecule has 0 aromatic heterocycles. The van der Waals surface area contributed by atoms with Crippen LogP contribution in [-0.2, 0) is 15.2 Å². The summed E-state index contributed by atoms with van der Waals surface area (Å²) in [6.07, 6.45) is 0.379. The molecule has 3 aromatic carbocycles. The number of carbonyl (C=O) groups is 2. The first-order chi connectivity index (χ1) is 14.4. The van der Waals surface area contributed by atoms with Crippen LogP contribution >= 0.6 is 0 Å². The van der Waals surface area contributed by atoms with Crippen molar-refractivity contribution in [3.05, 3.63) is 71.8 Å². The summed E-state index contributed by atoms with van der Waals surface area (Å²) in [7, 11) is 0. The first kappa shape index (κ1) is 20.1. The van der Waals surface area contributed by atoms with Gasteiger partial charge in [0, 0.05) is 23.9 Å². The molecule has 0 radical (unpaired) electrons. The molecule has 0 saturated heterocycles. The van der Waals surface area contributed by atoms with Gasteiger partial charge in [0.05, 0.1) is 12.3 Å². The number of ketones is 1. The molecule has 30 heavy (non-hydrogen) atoms. The Balaban J connectivity index is 1.50. The van der Waals surface area contributed by atoms with E-state index in [0.717, 1.165) is 22.1 Å². The van der Waals surface area contributed by atoms with Gasteiger partial charge in [0.25, 0.3) is 5.91 Å². The number of aliphatic hydroxyl groups is 1. The van der Waals surface area contributed by atoms with Gasteiger partial charge >= 0.3 is 0 Å². The van der Waals surface area contributed by atoms with Crippen molar-refractivity contribution in [1.82, 2.24) is 0 Å². The summed E-state index contributed by atoms with van der Waals surface area (Å²) >= 11 is 0. The second kappa shape index (κ2) is 7.92. The number of benzene rings is 3. The number of rotatable bonds is 7. The van der Waals surface area contributed by atoms with Crippen LogP contribution in [0, 0.1) is 6.92 Å². The lowest BCUT2D eigenvalue weighted by atomic mass is 9.89. The fourth-order valence-corrected chi connectivity index (χ4v) is 4.26. The second-order valence-electron chi connectivity index (χ2n) is 7.85. The lowest BCUT2D eigenvalue weighted by molar-refractivity contribution is -0.141. The van der Waals surface area contributed by atoms with Crippen molar-refractivity contribution in [2.45, 2.75) is 32.3 Å². The van der Waals surface area contributed by atoms with Crippen molar-refractivity contribution in [3.8, 4) is 5.75 Å². The van der Waals surface area contributed by atoms with Gasteiger partial charge in [0.15, 0.2) is 5.60 Å². The van der Waals surface area contributed by atoms with Crippen molar-refractivity contribution in [1.29, 1.82) is 0 Å². The van der Waals surface area contributed by atoms with Crippen LogP contribution in [0.1, 0.15) is 30.9 Å². The van der Waals surface area contributed by atoms with Crippen LogP contribution in [0.25, 0.3) is 10.8 Å². The van der Waals surface area contributed by atoms with Crippen LogP contribution in [0.3, 0.4) is 0 Å². The van der Waals surface area contributed by atoms with Crippen molar-refractivity contribution < 1.29 is 19.4 Å². The lowest BCUT2D eigenvalue weighted by Crippen LogP contribution is -2.42. The Morgan fingerprint density at radius 1 is 1.07 bits per heavy atom. The molecule has 1 aliphatic heterocycles. The number of para-hydroxylation sites is 1. The number of hydrogen-bond acceptors (Lipinski definition) is 4. The highest BCUT2D eigenvalue weighted by Gasteiger charge is 2.50. The standard InChI is InChI=1S/C25H25NO4/c1-17-8-5-12-21-23(17)26(24(28)25(21,29)16-18(2)27)14-7-15-30-22-13-6-10-19-9-3-4-11-20(19)22/h3-6,8-13,29H,7,14-16H2,1-2H3/t25-/m0/s1. The Bertz CT molecular complexity index is 1120. The summed E-state index contributed by atoms with van der Waals surface area (Å²) in [5.41, 5.74) is 0.327. The molecule has 1 heterocycles. The van der Waals surface area contributed by atoms with E-state index in [0.29, 0.717) is 30.8 Å². The van der Waals surface area contributed by atoms with Gasteiger partial charge in [-0.15, -0.1) is 0 Å². The zero-order chi connectivity index (χ0) is 21.3. The average molecular weight is 403 g/mol. The number of Topliss-reactive ketones (excluding diaryl/α,β-unsaturated/α-hetero) is 1. The maximum atomic E-state index is 13.1. The molecule has 3 aromatic rings. The van der Waals surface area contributed by atoms with Gasteiger partial charge in [-0.05, 0) is 37.3 Å². The monoisotopic (exact) mass is 403 g/mol. The minimum Gasteiger partial charge on any atom is -0.493 e. The van der Waals surface area contributed by atoms with E-state index in [1.165, 1.54) is 6.92 Å². The van der Waals surface area contributed by atoms with E-state index in [1.807, 2.05) is 55.5 Å². The predicted molar refractivity (Wildman–Crippen MR) is 117 cm³/mol. The second-order valence-corrected chi connectivity index (χ2v) is 7.85. The van der Waals surface area contributed by atoms with Gasteiger partial charge in [0.1, 0.15) is 11.5 Å². The molecular weight excluding hydrogens is 378 g/mol. The van der Waals surface area contributed by atoms with Crippen molar-refractivity contribution in [3.63, 3.8) is 0 Å². The maximum absolute atomic E-state index is 13.1. The molecule has 5 heteroatoms. The summed E-state index contributed by atoms with van der Waals surface area (Å²) in [6.45, 7) is 4.14. The first-order valence-corrected chi connectivity index (χ1v) is 10.2. The fourth-order valence-electron chi connectivity index (χ4n) is 4.26. The van der Waals surface area contributed by atoms with Crippen molar-refractivity contribution >= 4 is 28.2 Å². The van der Waals surface area contributed by atoms with E-state index >= 15 is 0 Å². The largest absolute Gasteiger partial charge is 0.493 e. The third-order valence-corrected chi connectivity index (χ3v) is 5.59. The third-order valence-electron chi connectivity index (χ3n) is 5.59. The summed E-state index contributed by atoms with van der Waals surface area (Å²) in [6, 6.07) is 19.4. The fraction of sp³-hybridized carbons (Fsp3) is 0.280. The number of fused-ring (bicyclic) bond motifs is 2. The Hall–Kier alpha value is -3.18. The number of ether oxygens (including phenoxy) is 1. The molecule has 1 aliphatic rings. The number of carbonyl (C=O) groups excluding carboxylic acids is 2. The zero-order valence-corrected chi connectivity index (χ0v) is 17.2. The molecule has 0 bridgehead atoms. The minimum atomic E-state index is -1.79. The highest BCUT2D eigenvalue weighted by molar-refractivity contribution is 6.09. The van der Waals surface area contributed by atoms with E-state index in [2.05, 4.69) is 0 Å². The predicted octanol–water partition coefficient (Wildman–Crippen LogP) is 4.13. The molecule has 0 aliphatic carbocycles. The van der Waals surface area contributed by atoms with Crippen LogP contribution in [0.4, 0.5) is 5.69 Å². The molecule has 1 atom stereocenters. The van der Waals surface area contributed by atoms with E-state index in [4.69, 9.17) is 4.74 Å². The Morgan fingerprint density at radius 3 is 2.60 bits per heavy atom. The number of amides is 1. The van der Waals surface area contributed by atoms with E-state index < -0.39 is 11.5 Å². The highest BCUT2D eigenvalue weighted by atomic mass is 16.5. The molecule has 0 fully saturated rings. The Labute approximate surface area is 175 Å². The minimum absolute atomic E-state index is 0.217. The third kappa shape index (κ3) is 3.46. The number of nitrogens with zero attached hydrogens (tertiary/aromatic N) is 1. The molecule has 1 amide bonds. The molecule has 0 saturated carbocycles. The Kier molecular flexibility index (Phi) is 5.31. The molecule has 0 spiro atoms. The lowest BCUT2D eigenvalue weighted by Gasteiger charge is -2.22. The van der Waals surface area contributed by atoms with Crippen LogP contribution in [0.2, 0.25) is 0 Å². The van der Waals surface area contributed by atoms with Crippen molar-refractivity contribution in [2.75, 3.05) is 18.1 Å². The van der Waals surface area contributed by atoms with E-state index in [9.17, 15) is 14.7 Å². The molecule has 4 rings (SSSR count). The summed E-state index contributed by atoms with van der Waals surface area (Å²) < 4.78 is 5.99. The normalized spacial score (nSPS) is 18.0. The molecular formula is C25H25NO4. The maximum Gasteiger partial charge on any atom is 0.264 e. The van der Waals surface area contributed by atoms with Crippen LogP contribution < -0.4 is 9.64 Å². The van der Waals surface area contributed by atoms with Crippen LogP contribution in [0.15, 0.2) is 60.7 Å². The topological polar surface area (TPSA) is 66.8 Å². The van der Waals surface area contributed by atoms with E-state index in [1.54, 1.807) is 17.0 Å². The number of hydrogen-bond donors (Lipinski definition) is 1. The van der Waals surface area contributed by atoms with Crippen LogP contribution in [-0.4, -0.2) is 29.9 Å². The quantitative estimate of drug-likeness (QED) is 0.603. The Morgan fingerprint density at radius 2 is 1.80 bits per heavy atom. The van der Waals surface area contributed by atoms with Gasteiger partial charge in [-0.2, -0.15) is 0 Å². The first-order valence-electron chi connectivity index (χ1n) is 10.2. The van der Waals surface area contributed by atoms with Gasteiger partial charge in [0.2, 0.25) is 0 Å². The SMILES string of the molecule is CC(=O)C[C@@]1(O)C(=O)N(CCCOc2cccc3ccccc23)c2c(C)cccc21. The molecule has 1 N–H and O–H groups in total. The molecule has 0 unspecified atom stereocenters. The van der Waals surface area contributed by atoms with Crippen LogP contribution in [0.5, 0.6) is 5.75 Å². The highest BCUT2D eigenvalue weighted by Crippen LogP contribution is 2.44. The van der Waals surface area contributed by atoms with E-state index in [-0.39, 0.29) is 12.2 Å². The van der Waals surface area contributed by atoms with Gasteiger partial charge in [-0.1, -0.05) is 54.6 Å². The number of anilines is 1. The molecule has 5 nitrogen and oxygen atoms in total. The summed E-state index contributed by atoms with van der Waals surface area (Å²) in [5.74, 6) is 0.150. The number of aryl methyl sites for hydroxylation is 1. The van der Waals surface area contributed by atoms with Gasteiger partial charge in [-0.25, -0.2) is 0 Å². The van der Waals surface area contributed by atoms with Gasteiger partial charge < -0.3 is 14.7 Å². The van der Waals surface area contributed by atoms with Crippen molar-refractivity contribution in [2.24, 2.45) is 0 Å². The van der Waals surface area contributed by atoms with Gasteiger partial charge in [-0.3, -0.25) is 9.59 Å².